The van der Waals surface area contributed by atoms with E-state index in [-0.39, 0.29) is 0 Å². The Bertz CT molecular complexity index is 479. The maximum absolute atomic E-state index is 3.41. The fourth-order valence-corrected chi connectivity index (χ4v) is 1.76. The smallest absolute Gasteiger partial charge is 0.0464 e. The highest BCUT2D eigenvalue weighted by molar-refractivity contribution is 5.77. The third-order valence-corrected chi connectivity index (χ3v) is 2.54. The Morgan fingerprint density at radius 2 is 1.53 bits per heavy atom. The zero-order valence-corrected chi connectivity index (χ0v) is 8.20. The van der Waals surface area contributed by atoms with Gasteiger partial charge in [-0.15, -0.1) is 0 Å². The normalized spacial score (nSPS) is 12.3. The third-order valence-electron chi connectivity index (χ3n) is 2.54. The molecular weight excluding hydrogens is 182 g/mol. The summed E-state index contributed by atoms with van der Waals surface area (Å²) >= 11 is 0. The molecule has 0 saturated heterocycles. The summed E-state index contributed by atoms with van der Waals surface area (Å²) in [7, 11) is 0. The molecule has 0 fully saturated rings. The van der Waals surface area contributed by atoms with Gasteiger partial charge in [-0.3, -0.25) is 0 Å². The van der Waals surface area contributed by atoms with Crippen LogP contribution in [0, 0.1) is 6.08 Å². The van der Waals surface area contributed by atoms with E-state index in [4.69, 9.17) is 0 Å². The van der Waals surface area contributed by atoms with Crippen molar-refractivity contribution in [2.24, 2.45) is 0 Å². The van der Waals surface area contributed by atoms with Gasteiger partial charge in [0.05, 0.1) is 0 Å². The van der Waals surface area contributed by atoms with E-state index in [1.807, 2.05) is 30.3 Å². The van der Waals surface area contributed by atoms with Crippen LogP contribution >= 0.6 is 0 Å². The Balaban J connectivity index is 2.19. The van der Waals surface area contributed by atoms with Gasteiger partial charge in [0.2, 0.25) is 0 Å². The van der Waals surface area contributed by atoms with Crippen molar-refractivity contribution in [3.8, 4) is 0 Å². The second kappa shape index (κ2) is 3.28. The molecule has 0 spiro atoms. The quantitative estimate of drug-likeness (QED) is 0.573. The molecule has 0 aliphatic carbocycles. The van der Waals surface area contributed by atoms with Crippen molar-refractivity contribution in [3.63, 3.8) is 0 Å². The minimum atomic E-state index is 1.11. The summed E-state index contributed by atoms with van der Waals surface area (Å²) in [6.07, 6.45) is 5.32. The van der Waals surface area contributed by atoms with Crippen LogP contribution in [0.1, 0.15) is 11.1 Å². The Labute approximate surface area is 89.1 Å². The maximum Gasteiger partial charge on any atom is 0.0464 e. The standard InChI is InChI=1S/C14H10N/c1-3-7-13-11(5-1)9-10-12-6-2-4-8-14(12)15-13/h1-9,15H. The first-order valence-corrected chi connectivity index (χ1v) is 4.98. The van der Waals surface area contributed by atoms with Crippen molar-refractivity contribution in [2.45, 2.75) is 0 Å². The van der Waals surface area contributed by atoms with Crippen LogP contribution < -0.4 is 5.32 Å². The highest BCUT2D eigenvalue weighted by atomic mass is 14.9. The van der Waals surface area contributed by atoms with Crippen molar-refractivity contribution in [1.82, 2.24) is 0 Å². The summed E-state index contributed by atoms with van der Waals surface area (Å²) in [5.41, 5.74) is 4.52. The number of fused-ring (bicyclic) bond motifs is 2. The predicted molar refractivity (Wildman–Crippen MR) is 63.0 cm³/mol. The van der Waals surface area contributed by atoms with Gasteiger partial charge in [0, 0.05) is 16.9 Å². The predicted octanol–water partition coefficient (Wildman–Crippen LogP) is 3.61. The van der Waals surface area contributed by atoms with Gasteiger partial charge in [-0.25, -0.2) is 0 Å². The zero-order valence-electron chi connectivity index (χ0n) is 8.20. The highest BCUT2D eigenvalue weighted by Gasteiger charge is 2.06. The topological polar surface area (TPSA) is 12.0 Å². The van der Waals surface area contributed by atoms with Crippen LogP contribution in [-0.4, -0.2) is 0 Å². The molecule has 2 aromatic rings. The Morgan fingerprint density at radius 3 is 2.47 bits per heavy atom. The third kappa shape index (κ3) is 1.42. The van der Waals surface area contributed by atoms with Crippen molar-refractivity contribution in [2.75, 3.05) is 5.32 Å². The summed E-state index contributed by atoms with van der Waals surface area (Å²) in [6.45, 7) is 0. The van der Waals surface area contributed by atoms with Crippen LogP contribution in [0.25, 0.3) is 6.08 Å². The summed E-state index contributed by atoms with van der Waals surface area (Å²) in [6, 6.07) is 16.4. The minimum Gasteiger partial charge on any atom is -0.355 e. The number of nitrogens with one attached hydrogen (secondary N) is 1. The molecule has 1 heterocycles. The summed E-state index contributed by atoms with van der Waals surface area (Å²) < 4.78 is 0. The largest absolute Gasteiger partial charge is 0.355 e. The molecule has 1 radical (unpaired) electrons. The summed E-state index contributed by atoms with van der Waals surface area (Å²) in [4.78, 5) is 0. The number of hydrogen-bond acceptors (Lipinski definition) is 1. The van der Waals surface area contributed by atoms with Crippen molar-refractivity contribution < 1.29 is 0 Å². The van der Waals surface area contributed by atoms with Gasteiger partial charge in [0.25, 0.3) is 0 Å². The SMILES string of the molecule is [C]1=Cc2ccccc2Nc2ccccc21. The molecule has 1 aliphatic rings. The van der Waals surface area contributed by atoms with Crippen molar-refractivity contribution >= 4 is 17.5 Å². The maximum atomic E-state index is 3.41. The second-order valence-corrected chi connectivity index (χ2v) is 3.55. The number of rotatable bonds is 0. The van der Waals surface area contributed by atoms with Crippen molar-refractivity contribution in [3.05, 3.63) is 65.7 Å². The molecule has 1 aliphatic heterocycles. The van der Waals surface area contributed by atoms with Crippen LogP contribution in [-0.2, 0) is 0 Å². The van der Waals surface area contributed by atoms with Gasteiger partial charge < -0.3 is 5.32 Å². The molecule has 0 bridgehead atoms. The summed E-state index contributed by atoms with van der Waals surface area (Å²) in [5, 5.41) is 3.41. The zero-order chi connectivity index (χ0) is 10.1. The number of para-hydroxylation sites is 2. The van der Waals surface area contributed by atoms with E-state index in [1.165, 1.54) is 5.56 Å². The fraction of sp³-hybridized carbons (Fsp3) is 0. The van der Waals surface area contributed by atoms with Crippen LogP contribution in [0.3, 0.4) is 0 Å². The lowest BCUT2D eigenvalue weighted by molar-refractivity contribution is 1.52. The number of anilines is 2. The molecule has 3 rings (SSSR count). The molecule has 0 atom stereocenters. The van der Waals surface area contributed by atoms with Crippen molar-refractivity contribution in [1.29, 1.82) is 0 Å². The summed E-state index contributed by atoms with van der Waals surface area (Å²) in [5.74, 6) is 0. The molecule has 1 N–H and O–H groups in total. The molecule has 0 saturated carbocycles. The van der Waals surface area contributed by atoms with Gasteiger partial charge >= 0.3 is 0 Å². The molecule has 0 amide bonds. The lowest BCUT2D eigenvalue weighted by Crippen LogP contribution is -1.92. The lowest BCUT2D eigenvalue weighted by Gasteiger charge is -2.08. The van der Waals surface area contributed by atoms with Crippen LogP contribution in [0.15, 0.2) is 48.5 Å². The molecule has 15 heavy (non-hydrogen) atoms. The van der Waals surface area contributed by atoms with Crippen LogP contribution in [0.4, 0.5) is 11.4 Å². The van der Waals surface area contributed by atoms with Gasteiger partial charge in [-0.05, 0) is 29.8 Å². The first-order valence-electron chi connectivity index (χ1n) is 4.98. The molecule has 1 nitrogen and oxygen atoms in total. The first-order chi connectivity index (χ1) is 7.43. The molecule has 0 aromatic heterocycles. The van der Waals surface area contributed by atoms with Crippen LogP contribution in [0.5, 0.6) is 0 Å². The van der Waals surface area contributed by atoms with Gasteiger partial charge in [0.1, 0.15) is 0 Å². The second-order valence-electron chi connectivity index (χ2n) is 3.55. The fourth-order valence-electron chi connectivity index (χ4n) is 1.76. The molecular formula is C14H10N. The van der Waals surface area contributed by atoms with E-state index in [9.17, 15) is 0 Å². The monoisotopic (exact) mass is 192 g/mol. The Morgan fingerprint density at radius 1 is 0.800 bits per heavy atom. The van der Waals surface area contributed by atoms with E-state index in [1.54, 1.807) is 0 Å². The number of benzene rings is 2. The Hall–Kier alpha value is -2.02. The van der Waals surface area contributed by atoms with E-state index in [2.05, 4.69) is 35.7 Å². The molecule has 0 unspecified atom stereocenters. The van der Waals surface area contributed by atoms with Crippen LogP contribution in [0.2, 0.25) is 0 Å². The first kappa shape index (κ1) is 8.30. The van der Waals surface area contributed by atoms with Gasteiger partial charge in [-0.1, -0.05) is 36.4 Å². The molecule has 71 valence electrons. The average molecular weight is 192 g/mol. The van der Waals surface area contributed by atoms with Gasteiger partial charge in [0.15, 0.2) is 0 Å². The lowest BCUT2D eigenvalue weighted by atomic mass is 10.1. The van der Waals surface area contributed by atoms with E-state index < -0.39 is 0 Å². The highest BCUT2D eigenvalue weighted by Crippen LogP contribution is 2.28. The minimum absolute atomic E-state index is 1.11. The average Bonchev–Trinajstić information content (AvgIpc) is 2.48. The van der Waals surface area contributed by atoms with E-state index in [0.29, 0.717) is 0 Å². The van der Waals surface area contributed by atoms with Gasteiger partial charge in [-0.2, -0.15) is 0 Å². The number of hydrogen-bond donors (Lipinski definition) is 1. The van der Waals surface area contributed by atoms with E-state index in [0.717, 1.165) is 16.9 Å². The van der Waals surface area contributed by atoms with E-state index >= 15 is 0 Å². The Kier molecular flexibility index (Phi) is 1.82. The molecule has 2 aromatic carbocycles. The molecule has 1 heteroatoms.